The lowest BCUT2D eigenvalue weighted by atomic mass is 10.1. The van der Waals surface area contributed by atoms with Crippen LogP contribution in [0.3, 0.4) is 0 Å². The SMILES string of the molecule is CC(C)COCC(CN1CCCC1)N(Cc1ccccc1)C1Oc2ccccc2O1. The molecule has 0 N–H and O–H groups in total. The maximum atomic E-state index is 6.24. The zero-order chi connectivity index (χ0) is 20.8. The summed E-state index contributed by atoms with van der Waals surface area (Å²) in [5, 5.41) is 0. The van der Waals surface area contributed by atoms with Crippen LogP contribution < -0.4 is 9.47 Å². The monoisotopic (exact) mass is 410 g/mol. The third-order valence-corrected chi connectivity index (χ3v) is 5.68. The van der Waals surface area contributed by atoms with Crippen LogP contribution in [0.15, 0.2) is 54.6 Å². The fourth-order valence-electron chi connectivity index (χ4n) is 4.15. The molecule has 2 aromatic rings. The van der Waals surface area contributed by atoms with E-state index in [1.165, 1.54) is 18.4 Å². The molecule has 0 amide bonds. The van der Waals surface area contributed by atoms with E-state index in [-0.39, 0.29) is 6.04 Å². The van der Waals surface area contributed by atoms with Gasteiger partial charge in [-0.25, -0.2) is 4.90 Å². The molecule has 1 saturated heterocycles. The Morgan fingerprint density at radius 1 is 0.933 bits per heavy atom. The van der Waals surface area contributed by atoms with E-state index < -0.39 is 6.41 Å². The van der Waals surface area contributed by atoms with Crippen molar-refractivity contribution in [2.45, 2.75) is 45.7 Å². The zero-order valence-corrected chi connectivity index (χ0v) is 18.2. The van der Waals surface area contributed by atoms with Crippen LogP contribution in [0.1, 0.15) is 32.3 Å². The average Bonchev–Trinajstić information content (AvgIpc) is 3.41. The average molecular weight is 411 g/mol. The van der Waals surface area contributed by atoms with Crippen LogP contribution in [0.25, 0.3) is 0 Å². The molecule has 5 nitrogen and oxygen atoms in total. The van der Waals surface area contributed by atoms with E-state index >= 15 is 0 Å². The van der Waals surface area contributed by atoms with Crippen LogP contribution in [-0.4, -0.2) is 55.1 Å². The van der Waals surface area contributed by atoms with E-state index in [1.54, 1.807) is 0 Å². The van der Waals surface area contributed by atoms with Gasteiger partial charge in [0.15, 0.2) is 11.5 Å². The van der Waals surface area contributed by atoms with Crippen LogP contribution in [0, 0.1) is 5.92 Å². The van der Waals surface area contributed by atoms with Gasteiger partial charge in [0.1, 0.15) is 0 Å². The molecule has 0 aliphatic carbocycles. The molecule has 0 saturated carbocycles. The van der Waals surface area contributed by atoms with Crippen molar-refractivity contribution < 1.29 is 14.2 Å². The molecule has 2 heterocycles. The molecule has 162 valence electrons. The second-order valence-corrected chi connectivity index (χ2v) is 8.74. The number of nitrogens with zero attached hydrogens (tertiary/aromatic N) is 2. The van der Waals surface area contributed by atoms with Crippen molar-refractivity contribution in [2.75, 3.05) is 32.8 Å². The van der Waals surface area contributed by atoms with Gasteiger partial charge in [-0.2, -0.15) is 0 Å². The summed E-state index contributed by atoms with van der Waals surface area (Å²) in [4.78, 5) is 4.87. The van der Waals surface area contributed by atoms with Crippen molar-refractivity contribution in [1.82, 2.24) is 9.80 Å². The summed E-state index contributed by atoms with van der Waals surface area (Å²) in [7, 11) is 0. The summed E-state index contributed by atoms with van der Waals surface area (Å²) in [6, 6.07) is 18.7. The first-order chi connectivity index (χ1) is 14.7. The fraction of sp³-hybridized carbons (Fsp3) is 0.520. The second kappa shape index (κ2) is 10.3. The Bertz CT molecular complexity index is 752. The van der Waals surface area contributed by atoms with Crippen molar-refractivity contribution in [3.05, 3.63) is 60.2 Å². The van der Waals surface area contributed by atoms with Gasteiger partial charge in [0.05, 0.1) is 12.6 Å². The quantitative estimate of drug-likeness (QED) is 0.581. The first-order valence-electron chi connectivity index (χ1n) is 11.2. The van der Waals surface area contributed by atoms with Crippen molar-refractivity contribution in [3.63, 3.8) is 0 Å². The fourth-order valence-corrected chi connectivity index (χ4v) is 4.15. The van der Waals surface area contributed by atoms with Gasteiger partial charge < -0.3 is 19.1 Å². The molecule has 0 radical (unpaired) electrons. The summed E-state index contributed by atoms with van der Waals surface area (Å²) in [5.41, 5.74) is 1.25. The molecule has 4 rings (SSSR count). The number of fused-ring (bicyclic) bond motifs is 1. The number of hydrogen-bond donors (Lipinski definition) is 0. The number of likely N-dealkylation sites (tertiary alicyclic amines) is 1. The van der Waals surface area contributed by atoms with Gasteiger partial charge in [-0.05, 0) is 49.5 Å². The molecule has 1 fully saturated rings. The number of hydrogen-bond acceptors (Lipinski definition) is 5. The van der Waals surface area contributed by atoms with Gasteiger partial charge >= 0.3 is 6.41 Å². The number of para-hydroxylation sites is 2. The highest BCUT2D eigenvalue weighted by molar-refractivity contribution is 5.41. The minimum Gasteiger partial charge on any atom is -0.438 e. The van der Waals surface area contributed by atoms with Gasteiger partial charge in [-0.3, -0.25) is 0 Å². The highest BCUT2D eigenvalue weighted by atomic mass is 16.7. The Kier molecular flexibility index (Phi) is 7.26. The Balaban J connectivity index is 1.55. The smallest absolute Gasteiger partial charge is 0.305 e. The zero-order valence-electron chi connectivity index (χ0n) is 18.2. The summed E-state index contributed by atoms with van der Waals surface area (Å²) < 4.78 is 18.6. The molecule has 2 aliphatic rings. The van der Waals surface area contributed by atoms with E-state index in [0.717, 1.165) is 44.3 Å². The summed E-state index contributed by atoms with van der Waals surface area (Å²) >= 11 is 0. The topological polar surface area (TPSA) is 34.2 Å². The predicted octanol–water partition coefficient (Wildman–Crippen LogP) is 4.38. The molecule has 0 spiro atoms. The first kappa shape index (κ1) is 21.2. The van der Waals surface area contributed by atoms with E-state index in [4.69, 9.17) is 14.2 Å². The van der Waals surface area contributed by atoms with Crippen molar-refractivity contribution >= 4 is 0 Å². The van der Waals surface area contributed by atoms with Crippen molar-refractivity contribution in [1.29, 1.82) is 0 Å². The Labute approximate surface area is 180 Å². The normalized spacial score (nSPS) is 17.9. The van der Waals surface area contributed by atoms with Crippen molar-refractivity contribution in [3.8, 4) is 11.5 Å². The lowest BCUT2D eigenvalue weighted by Gasteiger charge is -2.36. The molecule has 5 heteroatoms. The maximum absolute atomic E-state index is 6.24. The van der Waals surface area contributed by atoms with Crippen LogP contribution in [0.5, 0.6) is 11.5 Å². The molecule has 1 unspecified atom stereocenters. The van der Waals surface area contributed by atoms with E-state index in [9.17, 15) is 0 Å². The van der Waals surface area contributed by atoms with E-state index in [0.29, 0.717) is 12.5 Å². The Morgan fingerprint density at radius 2 is 1.57 bits per heavy atom. The lowest BCUT2D eigenvalue weighted by Crippen LogP contribution is -2.53. The van der Waals surface area contributed by atoms with E-state index in [1.807, 2.05) is 24.3 Å². The van der Waals surface area contributed by atoms with Crippen molar-refractivity contribution in [2.24, 2.45) is 5.92 Å². The minimum atomic E-state index is -0.446. The molecule has 30 heavy (non-hydrogen) atoms. The summed E-state index contributed by atoms with van der Waals surface area (Å²) in [5.74, 6) is 2.13. The Hall–Kier alpha value is -2.08. The number of rotatable bonds is 10. The second-order valence-electron chi connectivity index (χ2n) is 8.74. The number of benzene rings is 2. The number of ether oxygens (including phenoxy) is 3. The molecule has 2 aliphatic heterocycles. The minimum absolute atomic E-state index is 0.182. The lowest BCUT2D eigenvalue weighted by molar-refractivity contribution is -0.129. The summed E-state index contributed by atoms with van der Waals surface area (Å²) in [6.07, 6.45) is 2.11. The summed E-state index contributed by atoms with van der Waals surface area (Å²) in [6.45, 7) is 9.85. The molecule has 2 aromatic carbocycles. The van der Waals surface area contributed by atoms with Gasteiger partial charge in [-0.1, -0.05) is 56.3 Å². The first-order valence-corrected chi connectivity index (χ1v) is 11.2. The van der Waals surface area contributed by atoms with Gasteiger partial charge in [0.2, 0.25) is 0 Å². The highest BCUT2D eigenvalue weighted by Crippen LogP contribution is 2.36. The third-order valence-electron chi connectivity index (χ3n) is 5.68. The van der Waals surface area contributed by atoms with Crippen LogP contribution >= 0.6 is 0 Å². The molecule has 0 bridgehead atoms. The van der Waals surface area contributed by atoms with Gasteiger partial charge in [-0.15, -0.1) is 0 Å². The predicted molar refractivity (Wildman–Crippen MR) is 119 cm³/mol. The largest absolute Gasteiger partial charge is 0.438 e. The van der Waals surface area contributed by atoms with Crippen LogP contribution in [-0.2, 0) is 11.3 Å². The van der Waals surface area contributed by atoms with Gasteiger partial charge in [0.25, 0.3) is 0 Å². The standard InChI is InChI=1S/C25H34N2O3/c1-20(2)18-28-19-22(17-26-14-8-9-15-26)27(16-21-10-4-3-5-11-21)25-29-23-12-6-7-13-24(23)30-25/h3-7,10-13,20,22,25H,8-9,14-19H2,1-2H3. The third kappa shape index (κ3) is 5.54. The van der Waals surface area contributed by atoms with Crippen LogP contribution in [0.2, 0.25) is 0 Å². The molecule has 1 atom stereocenters. The van der Waals surface area contributed by atoms with Gasteiger partial charge in [0, 0.05) is 19.7 Å². The van der Waals surface area contributed by atoms with E-state index in [2.05, 4.69) is 54.0 Å². The Morgan fingerprint density at radius 3 is 2.20 bits per heavy atom. The molecular weight excluding hydrogens is 376 g/mol. The molecule has 0 aromatic heterocycles. The highest BCUT2D eigenvalue weighted by Gasteiger charge is 2.36. The maximum Gasteiger partial charge on any atom is 0.305 e. The van der Waals surface area contributed by atoms with Crippen LogP contribution in [0.4, 0.5) is 0 Å². The molecular formula is C25H34N2O3.